The number of aliphatic carboxylic acids is 1. The van der Waals surface area contributed by atoms with Crippen molar-refractivity contribution < 1.29 is 34.0 Å². The van der Waals surface area contributed by atoms with E-state index in [2.05, 4.69) is 0 Å². The number of aromatic hydroxyl groups is 1. The second-order valence-corrected chi connectivity index (χ2v) is 7.26. The van der Waals surface area contributed by atoms with Crippen LogP contribution in [0.3, 0.4) is 0 Å². The number of carboxylic acids is 1. The van der Waals surface area contributed by atoms with Gasteiger partial charge in [-0.3, -0.25) is 4.79 Å². The van der Waals surface area contributed by atoms with Gasteiger partial charge in [0.1, 0.15) is 5.75 Å². The molecule has 0 amide bonds. The molecule has 0 radical (unpaired) electrons. The Kier molecular flexibility index (Phi) is 6.21. The highest BCUT2D eigenvalue weighted by atomic mass is 16.7. The zero-order valence-electron chi connectivity index (χ0n) is 16.4. The third kappa shape index (κ3) is 4.42. The quantitative estimate of drug-likeness (QED) is 0.654. The molecule has 2 aliphatic rings. The molecule has 1 fully saturated rings. The summed E-state index contributed by atoms with van der Waals surface area (Å²) in [4.78, 5) is 10.7. The Bertz CT molecular complexity index is 924. The second-order valence-electron chi connectivity index (χ2n) is 7.26. The summed E-state index contributed by atoms with van der Waals surface area (Å²) in [5, 5.41) is 19.2. The first-order chi connectivity index (χ1) is 14.6. The SMILES string of the molecule is O=C(O)CC/C=C\C[C@@H]1CO[C@H](c2cccc3c2OCO3)O[C@@H]1c1ccccc1O. The van der Waals surface area contributed by atoms with Gasteiger partial charge in [-0.1, -0.05) is 36.4 Å². The first kappa shape index (κ1) is 20.3. The molecule has 0 unspecified atom stereocenters. The lowest BCUT2D eigenvalue weighted by molar-refractivity contribution is -0.244. The van der Waals surface area contributed by atoms with Crippen LogP contribution in [0, 0.1) is 5.92 Å². The number of hydrogen-bond acceptors (Lipinski definition) is 6. The van der Waals surface area contributed by atoms with Crippen LogP contribution in [0.25, 0.3) is 0 Å². The summed E-state index contributed by atoms with van der Waals surface area (Å²) in [7, 11) is 0. The summed E-state index contributed by atoms with van der Waals surface area (Å²) in [6.07, 6.45) is 3.97. The first-order valence-corrected chi connectivity index (χ1v) is 9.93. The molecule has 0 aliphatic carbocycles. The van der Waals surface area contributed by atoms with Crippen molar-refractivity contribution in [2.75, 3.05) is 13.4 Å². The lowest BCUT2D eigenvalue weighted by Gasteiger charge is -2.37. The van der Waals surface area contributed by atoms with Crippen LogP contribution >= 0.6 is 0 Å². The molecule has 0 spiro atoms. The number of allylic oxidation sites excluding steroid dienone is 2. The van der Waals surface area contributed by atoms with Crippen molar-refractivity contribution in [3.63, 3.8) is 0 Å². The number of ether oxygens (including phenoxy) is 4. The number of hydrogen-bond donors (Lipinski definition) is 2. The normalized spacial score (nSPS) is 23.0. The van der Waals surface area contributed by atoms with Crippen molar-refractivity contribution in [3.8, 4) is 17.2 Å². The minimum Gasteiger partial charge on any atom is -0.508 e. The average Bonchev–Trinajstić information content (AvgIpc) is 3.23. The van der Waals surface area contributed by atoms with E-state index in [9.17, 15) is 9.90 Å². The van der Waals surface area contributed by atoms with Gasteiger partial charge in [0.2, 0.25) is 6.79 Å². The van der Waals surface area contributed by atoms with E-state index in [-0.39, 0.29) is 24.9 Å². The molecule has 4 rings (SSSR count). The zero-order valence-corrected chi connectivity index (χ0v) is 16.4. The van der Waals surface area contributed by atoms with Gasteiger partial charge in [-0.25, -0.2) is 0 Å². The standard InChI is InChI=1S/C23H24O7/c24-18-10-5-4-8-16(18)21-15(7-2-1-3-12-20(25)26)13-27-23(30-21)17-9-6-11-19-22(17)29-14-28-19/h1-2,4-6,8-11,15,21,23-24H,3,7,12-14H2,(H,25,26)/b2-1-/t15-,21+,23+/m1/s1. The van der Waals surface area contributed by atoms with Gasteiger partial charge >= 0.3 is 5.97 Å². The summed E-state index contributed by atoms with van der Waals surface area (Å²) >= 11 is 0. The van der Waals surface area contributed by atoms with E-state index in [1.165, 1.54) is 0 Å². The molecule has 2 aromatic rings. The molecule has 3 atom stereocenters. The molecule has 2 N–H and O–H groups in total. The minimum absolute atomic E-state index is 0.0374. The Morgan fingerprint density at radius 2 is 1.90 bits per heavy atom. The maximum absolute atomic E-state index is 10.7. The van der Waals surface area contributed by atoms with E-state index >= 15 is 0 Å². The summed E-state index contributed by atoms with van der Waals surface area (Å²) in [6, 6.07) is 12.7. The van der Waals surface area contributed by atoms with E-state index < -0.39 is 18.4 Å². The molecule has 0 saturated carbocycles. The van der Waals surface area contributed by atoms with Crippen LogP contribution < -0.4 is 9.47 Å². The Morgan fingerprint density at radius 1 is 1.07 bits per heavy atom. The first-order valence-electron chi connectivity index (χ1n) is 9.93. The van der Waals surface area contributed by atoms with Crippen molar-refractivity contribution in [3.05, 3.63) is 65.7 Å². The fourth-order valence-corrected chi connectivity index (χ4v) is 3.73. The monoisotopic (exact) mass is 412 g/mol. The van der Waals surface area contributed by atoms with Gasteiger partial charge in [0, 0.05) is 17.9 Å². The smallest absolute Gasteiger partial charge is 0.303 e. The van der Waals surface area contributed by atoms with Gasteiger partial charge in [0.15, 0.2) is 17.8 Å². The fourth-order valence-electron chi connectivity index (χ4n) is 3.73. The number of rotatable bonds is 7. The lowest BCUT2D eigenvalue weighted by Crippen LogP contribution is -2.30. The van der Waals surface area contributed by atoms with Crippen molar-refractivity contribution in [2.45, 2.75) is 31.7 Å². The number of fused-ring (bicyclic) bond motifs is 1. The van der Waals surface area contributed by atoms with Crippen molar-refractivity contribution in [1.82, 2.24) is 0 Å². The van der Waals surface area contributed by atoms with Crippen LogP contribution in [0.4, 0.5) is 0 Å². The fraction of sp³-hybridized carbons (Fsp3) is 0.348. The van der Waals surface area contributed by atoms with Crippen LogP contribution in [0.5, 0.6) is 17.2 Å². The predicted octanol–water partition coefficient (Wildman–Crippen LogP) is 4.33. The lowest BCUT2D eigenvalue weighted by atomic mass is 9.91. The van der Waals surface area contributed by atoms with Gasteiger partial charge in [0.25, 0.3) is 0 Å². The van der Waals surface area contributed by atoms with Crippen LogP contribution in [-0.4, -0.2) is 29.6 Å². The van der Waals surface area contributed by atoms with E-state index in [4.69, 9.17) is 24.1 Å². The highest BCUT2D eigenvalue weighted by Crippen LogP contribution is 2.46. The van der Waals surface area contributed by atoms with Gasteiger partial charge in [-0.2, -0.15) is 0 Å². The highest BCUT2D eigenvalue weighted by Gasteiger charge is 2.36. The zero-order chi connectivity index (χ0) is 20.9. The third-order valence-electron chi connectivity index (χ3n) is 5.21. The topological polar surface area (TPSA) is 94.5 Å². The Labute approximate surface area is 174 Å². The van der Waals surface area contributed by atoms with Crippen LogP contribution in [-0.2, 0) is 14.3 Å². The Balaban J connectivity index is 1.54. The molecule has 30 heavy (non-hydrogen) atoms. The van der Waals surface area contributed by atoms with Crippen LogP contribution in [0.15, 0.2) is 54.6 Å². The van der Waals surface area contributed by atoms with Gasteiger partial charge in [-0.15, -0.1) is 0 Å². The van der Waals surface area contributed by atoms with Crippen molar-refractivity contribution in [2.24, 2.45) is 5.92 Å². The number of carbonyl (C=O) groups is 1. The summed E-state index contributed by atoms with van der Waals surface area (Å²) < 4.78 is 23.4. The summed E-state index contributed by atoms with van der Waals surface area (Å²) in [6.45, 7) is 0.573. The van der Waals surface area contributed by atoms with Gasteiger partial charge < -0.3 is 29.2 Å². The number of phenolic OH excluding ortho intramolecular Hbond substituents is 1. The predicted molar refractivity (Wildman–Crippen MR) is 107 cm³/mol. The van der Waals surface area contributed by atoms with E-state index in [1.54, 1.807) is 12.1 Å². The Morgan fingerprint density at radius 3 is 2.73 bits per heavy atom. The Hall–Kier alpha value is -3.03. The molecule has 1 saturated heterocycles. The summed E-state index contributed by atoms with van der Waals surface area (Å²) in [5.74, 6) is 0.582. The van der Waals surface area contributed by atoms with Crippen molar-refractivity contribution in [1.29, 1.82) is 0 Å². The van der Waals surface area contributed by atoms with Gasteiger partial charge in [-0.05, 0) is 31.0 Å². The molecule has 7 heteroatoms. The molecule has 0 bridgehead atoms. The molecule has 158 valence electrons. The van der Waals surface area contributed by atoms with Gasteiger partial charge in [0.05, 0.1) is 18.3 Å². The summed E-state index contributed by atoms with van der Waals surface area (Å²) in [5.41, 5.74) is 1.44. The van der Waals surface area contributed by atoms with E-state index in [0.717, 1.165) is 5.56 Å². The van der Waals surface area contributed by atoms with E-state index in [1.807, 2.05) is 42.5 Å². The average molecular weight is 412 g/mol. The molecule has 2 aliphatic heterocycles. The molecule has 2 heterocycles. The molecular weight excluding hydrogens is 388 g/mol. The van der Waals surface area contributed by atoms with Crippen molar-refractivity contribution >= 4 is 5.97 Å². The molecule has 0 aromatic heterocycles. The largest absolute Gasteiger partial charge is 0.508 e. The number of carboxylic acid groups (broad SMARTS) is 1. The van der Waals surface area contributed by atoms with E-state index in [0.29, 0.717) is 36.5 Å². The highest BCUT2D eigenvalue weighted by molar-refractivity contribution is 5.66. The van der Waals surface area contributed by atoms with Crippen LogP contribution in [0.2, 0.25) is 0 Å². The number of benzene rings is 2. The maximum atomic E-state index is 10.7. The number of para-hydroxylation sites is 2. The third-order valence-corrected chi connectivity index (χ3v) is 5.21. The number of phenols is 1. The molecular formula is C23H24O7. The second kappa shape index (κ2) is 9.19. The molecule has 7 nitrogen and oxygen atoms in total. The molecule has 2 aromatic carbocycles. The minimum atomic E-state index is -0.819. The maximum Gasteiger partial charge on any atom is 0.303 e. The van der Waals surface area contributed by atoms with Crippen LogP contribution in [0.1, 0.15) is 42.8 Å².